The standard InChI is InChI=1S/C28H36N4O3Si/c1-28(2,3)36(6,7)35-13-12-32(22-14-23(33-4)17-24(15-22)34-5)21-8-9-25-26(16-21)31-27(19-30-25)20-10-11-29-18-20/h8-11,14-19,29H,12-13H2,1-7H3. The molecule has 4 aromatic rings. The maximum Gasteiger partial charge on any atom is 0.192 e. The number of benzene rings is 2. The predicted octanol–water partition coefficient (Wildman–Crippen LogP) is 6.80. The summed E-state index contributed by atoms with van der Waals surface area (Å²) in [6, 6.07) is 14.1. The quantitative estimate of drug-likeness (QED) is 0.253. The summed E-state index contributed by atoms with van der Waals surface area (Å²) < 4.78 is 17.7. The van der Waals surface area contributed by atoms with Crippen molar-refractivity contribution in [1.82, 2.24) is 15.0 Å². The average Bonchev–Trinajstić information content (AvgIpc) is 3.40. The van der Waals surface area contributed by atoms with Crippen molar-refractivity contribution in [2.45, 2.75) is 38.9 Å². The lowest BCUT2D eigenvalue weighted by Gasteiger charge is -2.37. The molecule has 2 heterocycles. The Balaban J connectivity index is 1.73. The van der Waals surface area contributed by atoms with Gasteiger partial charge in [-0.3, -0.25) is 4.98 Å². The number of anilines is 2. The first-order chi connectivity index (χ1) is 17.1. The zero-order chi connectivity index (χ0) is 25.9. The molecule has 0 unspecified atom stereocenters. The van der Waals surface area contributed by atoms with Crippen LogP contribution >= 0.6 is 0 Å². The molecule has 190 valence electrons. The van der Waals surface area contributed by atoms with Crippen LogP contribution < -0.4 is 14.4 Å². The van der Waals surface area contributed by atoms with Gasteiger partial charge in [-0.05, 0) is 42.4 Å². The maximum atomic E-state index is 6.54. The summed E-state index contributed by atoms with van der Waals surface area (Å²) in [4.78, 5) is 14.8. The fraction of sp³-hybridized carbons (Fsp3) is 0.357. The molecule has 7 nitrogen and oxygen atoms in total. The van der Waals surface area contributed by atoms with Gasteiger partial charge >= 0.3 is 0 Å². The van der Waals surface area contributed by atoms with E-state index in [2.05, 4.69) is 60.9 Å². The van der Waals surface area contributed by atoms with E-state index in [0.29, 0.717) is 13.2 Å². The van der Waals surface area contributed by atoms with Crippen molar-refractivity contribution in [3.05, 3.63) is 61.1 Å². The Hall–Kier alpha value is -3.36. The van der Waals surface area contributed by atoms with Gasteiger partial charge in [-0.15, -0.1) is 0 Å². The fourth-order valence-electron chi connectivity index (χ4n) is 3.75. The van der Waals surface area contributed by atoms with E-state index in [1.807, 2.05) is 48.9 Å². The van der Waals surface area contributed by atoms with Gasteiger partial charge in [0.05, 0.1) is 43.8 Å². The molecule has 4 rings (SSSR count). The molecule has 0 saturated carbocycles. The van der Waals surface area contributed by atoms with Gasteiger partial charge in [0.2, 0.25) is 0 Å². The Morgan fingerprint density at radius 3 is 2.25 bits per heavy atom. The molecular weight excluding hydrogens is 468 g/mol. The molecule has 0 bridgehead atoms. The maximum absolute atomic E-state index is 6.54. The molecule has 0 fully saturated rings. The number of H-pyrrole nitrogens is 1. The van der Waals surface area contributed by atoms with Crippen LogP contribution in [0.4, 0.5) is 11.4 Å². The number of rotatable bonds is 9. The van der Waals surface area contributed by atoms with Gasteiger partial charge in [0.1, 0.15) is 11.5 Å². The monoisotopic (exact) mass is 504 g/mol. The highest BCUT2D eigenvalue weighted by atomic mass is 28.4. The van der Waals surface area contributed by atoms with Gasteiger partial charge in [0.15, 0.2) is 8.32 Å². The highest BCUT2D eigenvalue weighted by molar-refractivity contribution is 6.74. The summed E-state index contributed by atoms with van der Waals surface area (Å²) in [5.74, 6) is 1.46. The molecule has 0 aliphatic carbocycles. The van der Waals surface area contributed by atoms with Crippen LogP contribution in [0.5, 0.6) is 11.5 Å². The fourth-order valence-corrected chi connectivity index (χ4v) is 4.79. The number of hydrogen-bond donors (Lipinski definition) is 1. The summed E-state index contributed by atoms with van der Waals surface area (Å²) in [7, 11) is 1.44. The summed E-state index contributed by atoms with van der Waals surface area (Å²) in [5.41, 5.74) is 5.47. The topological polar surface area (TPSA) is 72.5 Å². The van der Waals surface area contributed by atoms with Crippen LogP contribution in [0.15, 0.2) is 61.1 Å². The van der Waals surface area contributed by atoms with Gasteiger partial charge in [-0.2, -0.15) is 0 Å². The third-order valence-electron chi connectivity index (χ3n) is 6.96. The normalized spacial score (nSPS) is 12.1. The molecule has 1 N–H and O–H groups in total. The molecule has 0 amide bonds. The lowest BCUT2D eigenvalue weighted by Crippen LogP contribution is -2.42. The van der Waals surface area contributed by atoms with Crippen molar-refractivity contribution in [2.24, 2.45) is 0 Å². The highest BCUT2D eigenvalue weighted by Gasteiger charge is 2.37. The first-order valence-electron chi connectivity index (χ1n) is 12.2. The number of aromatic nitrogens is 3. The van der Waals surface area contributed by atoms with Crippen molar-refractivity contribution in [3.8, 4) is 22.8 Å². The number of hydrogen-bond acceptors (Lipinski definition) is 6. The van der Waals surface area contributed by atoms with E-state index in [1.165, 1.54) is 0 Å². The number of aromatic amines is 1. The van der Waals surface area contributed by atoms with Crippen molar-refractivity contribution >= 4 is 30.7 Å². The molecular formula is C28H36N4O3Si. The molecule has 2 aromatic heterocycles. The van der Waals surface area contributed by atoms with Gasteiger partial charge in [-0.1, -0.05) is 20.8 Å². The van der Waals surface area contributed by atoms with E-state index >= 15 is 0 Å². The van der Waals surface area contributed by atoms with Crippen LogP contribution in [0.2, 0.25) is 18.1 Å². The molecule has 2 aromatic carbocycles. The largest absolute Gasteiger partial charge is 0.497 e. The van der Waals surface area contributed by atoms with E-state index < -0.39 is 8.32 Å². The summed E-state index contributed by atoms with van der Waals surface area (Å²) >= 11 is 0. The van der Waals surface area contributed by atoms with E-state index in [9.17, 15) is 0 Å². The Labute approximate surface area is 214 Å². The number of fused-ring (bicyclic) bond motifs is 1. The zero-order valence-electron chi connectivity index (χ0n) is 22.3. The third-order valence-corrected chi connectivity index (χ3v) is 11.5. The number of nitrogens with one attached hydrogen (secondary N) is 1. The zero-order valence-corrected chi connectivity index (χ0v) is 23.3. The summed E-state index contributed by atoms with van der Waals surface area (Å²) in [6.07, 6.45) is 5.62. The average molecular weight is 505 g/mol. The first kappa shape index (κ1) is 25.7. The molecule has 0 aliphatic heterocycles. The van der Waals surface area contributed by atoms with Crippen molar-refractivity contribution < 1.29 is 13.9 Å². The van der Waals surface area contributed by atoms with Crippen molar-refractivity contribution in [2.75, 3.05) is 32.3 Å². The molecule has 0 radical (unpaired) electrons. The van der Waals surface area contributed by atoms with E-state index in [-0.39, 0.29) is 5.04 Å². The van der Waals surface area contributed by atoms with Crippen LogP contribution in [0.3, 0.4) is 0 Å². The molecule has 0 saturated heterocycles. The van der Waals surface area contributed by atoms with Gasteiger partial charge < -0.3 is 23.8 Å². The number of nitrogens with zero attached hydrogens (tertiary/aromatic N) is 3. The Bertz CT molecular complexity index is 1290. The SMILES string of the molecule is COc1cc(OC)cc(N(CCO[Si](C)(C)C(C)(C)C)c2ccc3ncc(-c4cc[nH]c4)nc3c2)c1. The Kier molecular flexibility index (Phi) is 7.37. The molecule has 0 spiro atoms. The lowest BCUT2D eigenvalue weighted by atomic mass is 10.2. The van der Waals surface area contributed by atoms with Gasteiger partial charge in [0.25, 0.3) is 0 Å². The molecule has 0 aliphatic rings. The third kappa shape index (κ3) is 5.55. The van der Waals surface area contributed by atoms with Crippen LogP contribution in [0.1, 0.15) is 20.8 Å². The second-order valence-corrected chi connectivity index (χ2v) is 15.2. The summed E-state index contributed by atoms with van der Waals surface area (Å²) in [6.45, 7) is 12.6. The lowest BCUT2D eigenvalue weighted by molar-refractivity contribution is 0.297. The van der Waals surface area contributed by atoms with Gasteiger partial charge in [0, 0.05) is 54.1 Å². The van der Waals surface area contributed by atoms with Crippen LogP contribution in [-0.2, 0) is 4.43 Å². The van der Waals surface area contributed by atoms with Crippen molar-refractivity contribution in [1.29, 1.82) is 0 Å². The van der Waals surface area contributed by atoms with Crippen LogP contribution in [0, 0.1) is 0 Å². The molecule has 0 atom stereocenters. The minimum atomic E-state index is -1.89. The van der Waals surface area contributed by atoms with Crippen molar-refractivity contribution in [3.63, 3.8) is 0 Å². The van der Waals surface area contributed by atoms with E-state index in [4.69, 9.17) is 18.9 Å². The Morgan fingerprint density at radius 2 is 1.64 bits per heavy atom. The van der Waals surface area contributed by atoms with E-state index in [0.717, 1.165) is 45.2 Å². The highest BCUT2D eigenvalue weighted by Crippen LogP contribution is 2.37. The van der Waals surface area contributed by atoms with Crippen LogP contribution in [-0.4, -0.2) is 50.6 Å². The number of methoxy groups -OCH3 is 2. The van der Waals surface area contributed by atoms with Crippen LogP contribution in [0.25, 0.3) is 22.3 Å². The Morgan fingerprint density at radius 1 is 0.917 bits per heavy atom. The predicted molar refractivity (Wildman–Crippen MR) is 149 cm³/mol. The molecule has 36 heavy (non-hydrogen) atoms. The molecule has 8 heteroatoms. The first-order valence-corrected chi connectivity index (χ1v) is 15.1. The second-order valence-electron chi connectivity index (χ2n) is 10.4. The minimum Gasteiger partial charge on any atom is -0.497 e. The summed E-state index contributed by atoms with van der Waals surface area (Å²) in [5, 5.41) is 0.143. The second kappa shape index (κ2) is 10.3. The smallest absolute Gasteiger partial charge is 0.192 e. The van der Waals surface area contributed by atoms with E-state index in [1.54, 1.807) is 14.2 Å². The van der Waals surface area contributed by atoms with Gasteiger partial charge in [-0.25, -0.2) is 4.98 Å². The number of ether oxygens (including phenoxy) is 2. The minimum absolute atomic E-state index is 0.143.